The molecule has 2 nitrogen and oxygen atoms in total. The summed E-state index contributed by atoms with van der Waals surface area (Å²) in [7, 11) is 0. The van der Waals surface area contributed by atoms with Gasteiger partial charge in [0.15, 0.2) is 6.23 Å². The van der Waals surface area contributed by atoms with E-state index in [1.54, 1.807) is 6.26 Å². The average Bonchev–Trinajstić information content (AvgIpc) is 2.04. The lowest BCUT2D eigenvalue weighted by molar-refractivity contribution is 0.173. The molecule has 0 aliphatic carbocycles. The standard InChI is InChI=1S/C9H15NO/c1-3-7-5-6-11-9(10)8(7)4-2/h5-6,9H,3-4,10H2,1-2H3. The van der Waals surface area contributed by atoms with Gasteiger partial charge in [-0.1, -0.05) is 13.8 Å². The fourth-order valence-electron chi connectivity index (χ4n) is 1.35. The molecule has 0 saturated carbocycles. The SMILES string of the molecule is CCC1=C(CC)C(N)OC=C1. The van der Waals surface area contributed by atoms with E-state index in [4.69, 9.17) is 10.5 Å². The van der Waals surface area contributed by atoms with E-state index in [0.717, 1.165) is 12.8 Å². The second-order valence-corrected chi connectivity index (χ2v) is 2.62. The molecular weight excluding hydrogens is 138 g/mol. The summed E-state index contributed by atoms with van der Waals surface area (Å²) in [5, 5.41) is 0. The minimum absolute atomic E-state index is 0.208. The topological polar surface area (TPSA) is 35.2 Å². The van der Waals surface area contributed by atoms with Crippen molar-refractivity contribution in [2.75, 3.05) is 0 Å². The van der Waals surface area contributed by atoms with Crippen LogP contribution in [0.25, 0.3) is 0 Å². The predicted octanol–water partition coefficient (Wildman–Crippen LogP) is 1.93. The Bertz CT molecular complexity index is 194. The first kappa shape index (κ1) is 8.34. The molecule has 11 heavy (non-hydrogen) atoms. The van der Waals surface area contributed by atoms with Crippen LogP contribution in [0, 0.1) is 0 Å². The first-order chi connectivity index (χ1) is 5.29. The Hall–Kier alpha value is -0.760. The fourth-order valence-corrected chi connectivity index (χ4v) is 1.35. The molecule has 0 aromatic carbocycles. The highest BCUT2D eigenvalue weighted by molar-refractivity contribution is 5.29. The summed E-state index contributed by atoms with van der Waals surface area (Å²) in [6.45, 7) is 4.24. The van der Waals surface area contributed by atoms with Crippen LogP contribution in [-0.2, 0) is 4.74 Å². The molecule has 2 heteroatoms. The molecular formula is C9H15NO. The summed E-state index contributed by atoms with van der Waals surface area (Å²) in [5.74, 6) is 0. The van der Waals surface area contributed by atoms with Gasteiger partial charge in [-0.15, -0.1) is 0 Å². The summed E-state index contributed by atoms with van der Waals surface area (Å²) in [4.78, 5) is 0. The molecule has 1 unspecified atom stereocenters. The maximum atomic E-state index is 5.72. The van der Waals surface area contributed by atoms with E-state index in [1.165, 1.54) is 11.1 Å². The van der Waals surface area contributed by atoms with E-state index in [1.807, 2.05) is 6.08 Å². The highest BCUT2D eigenvalue weighted by atomic mass is 16.5. The number of allylic oxidation sites excluding steroid dienone is 2. The van der Waals surface area contributed by atoms with E-state index in [-0.39, 0.29) is 6.23 Å². The maximum Gasteiger partial charge on any atom is 0.169 e. The lowest BCUT2D eigenvalue weighted by atomic mass is 10.0. The summed E-state index contributed by atoms with van der Waals surface area (Å²) in [5.41, 5.74) is 8.28. The average molecular weight is 153 g/mol. The van der Waals surface area contributed by atoms with Crippen LogP contribution in [-0.4, -0.2) is 6.23 Å². The van der Waals surface area contributed by atoms with Crippen molar-refractivity contribution in [1.29, 1.82) is 0 Å². The Balaban J connectivity index is 2.86. The minimum atomic E-state index is -0.208. The third kappa shape index (κ3) is 1.63. The highest BCUT2D eigenvalue weighted by Crippen LogP contribution is 2.21. The number of hydrogen-bond donors (Lipinski definition) is 1. The van der Waals surface area contributed by atoms with Crippen molar-refractivity contribution >= 4 is 0 Å². The van der Waals surface area contributed by atoms with Crippen LogP contribution in [0.4, 0.5) is 0 Å². The molecule has 0 radical (unpaired) electrons. The second-order valence-electron chi connectivity index (χ2n) is 2.62. The Labute approximate surface area is 67.7 Å². The normalized spacial score (nSPS) is 23.7. The number of nitrogens with two attached hydrogens (primary N) is 1. The minimum Gasteiger partial charge on any atom is -0.479 e. The van der Waals surface area contributed by atoms with Gasteiger partial charge in [0.05, 0.1) is 6.26 Å². The van der Waals surface area contributed by atoms with Gasteiger partial charge >= 0.3 is 0 Å². The molecule has 0 spiro atoms. The van der Waals surface area contributed by atoms with Gasteiger partial charge in [0.2, 0.25) is 0 Å². The molecule has 1 heterocycles. The summed E-state index contributed by atoms with van der Waals surface area (Å²) < 4.78 is 5.15. The molecule has 1 aliphatic rings. The zero-order valence-electron chi connectivity index (χ0n) is 7.13. The maximum absolute atomic E-state index is 5.72. The largest absolute Gasteiger partial charge is 0.479 e. The molecule has 2 N–H and O–H groups in total. The predicted molar refractivity (Wildman–Crippen MR) is 45.8 cm³/mol. The molecule has 0 fully saturated rings. The lowest BCUT2D eigenvalue weighted by Gasteiger charge is -2.21. The summed E-state index contributed by atoms with van der Waals surface area (Å²) in [6, 6.07) is 0. The van der Waals surface area contributed by atoms with Gasteiger partial charge in [0.25, 0.3) is 0 Å². The van der Waals surface area contributed by atoms with Gasteiger partial charge in [0.1, 0.15) is 0 Å². The smallest absolute Gasteiger partial charge is 0.169 e. The van der Waals surface area contributed by atoms with E-state index < -0.39 is 0 Å². The zero-order chi connectivity index (χ0) is 8.27. The fraction of sp³-hybridized carbons (Fsp3) is 0.556. The van der Waals surface area contributed by atoms with Crippen LogP contribution in [0.3, 0.4) is 0 Å². The van der Waals surface area contributed by atoms with Crippen LogP contribution in [0.15, 0.2) is 23.5 Å². The molecule has 0 saturated heterocycles. The third-order valence-corrected chi connectivity index (χ3v) is 2.01. The summed E-state index contributed by atoms with van der Waals surface area (Å²) >= 11 is 0. The Kier molecular flexibility index (Phi) is 2.71. The molecule has 1 aliphatic heterocycles. The first-order valence-corrected chi connectivity index (χ1v) is 4.09. The van der Waals surface area contributed by atoms with E-state index in [0.29, 0.717) is 0 Å². The Morgan fingerprint density at radius 3 is 2.64 bits per heavy atom. The molecule has 0 amide bonds. The third-order valence-electron chi connectivity index (χ3n) is 2.01. The van der Waals surface area contributed by atoms with Gasteiger partial charge in [-0.2, -0.15) is 0 Å². The quantitative estimate of drug-likeness (QED) is 0.658. The van der Waals surface area contributed by atoms with Gasteiger partial charge in [-0.3, -0.25) is 5.73 Å². The lowest BCUT2D eigenvalue weighted by Crippen LogP contribution is -2.26. The number of hydrogen-bond acceptors (Lipinski definition) is 2. The van der Waals surface area contributed by atoms with E-state index in [9.17, 15) is 0 Å². The number of ether oxygens (including phenoxy) is 1. The molecule has 0 aromatic heterocycles. The first-order valence-electron chi connectivity index (χ1n) is 4.09. The van der Waals surface area contributed by atoms with E-state index in [2.05, 4.69) is 13.8 Å². The summed E-state index contributed by atoms with van der Waals surface area (Å²) in [6.07, 6.45) is 5.50. The van der Waals surface area contributed by atoms with Crippen LogP contribution < -0.4 is 5.73 Å². The Morgan fingerprint density at radius 2 is 2.18 bits per heavy atom. The highest BCUT2D eigenvalue weighted by Gasteiger charge is 2.13. The van der Waals surface area contributed by atoms with Crippen LogP contribution in [0.5, 0.6) is 0 Å². The molecule has 1 atom stereocenters. The number of rotatable bonds is 2. The van der Waals surface area contributed by atoms with Crippen LogP contribution in [0.1, 0.15) is 26.7 Å². The van der Waals surface area contributed by atoms with Crippen molar-refractivity contribution in [3.63, 3.8) is 0 Å². The van der Waals surface area contributed by atoms with Crippen molar-refractivity contribution in [1.82, 2.24) is 0 Å². The van der Waals surface area contributed by atoms with Gasteiger partial charge in [0, 0.05) is 0 Å². The Morgan fingerprint density at radius 1 is 1.45 bits per heavy atom. The van der Waals surface area contributed by atoms with Crippen molar-refractivity contribution in [2.45, 2.75) is 32.9 Å². The second kappa shape index (κ2) is 3.58. The van der Waals surface area contributed by atoms with Gasteiger partial charge < -0.3 is 4.74 Å². The van der Waals surface area contributed by atoms with Gasteiger partial charge in [-0.05, 0) is 30.1 Å². The van der Waals surface area contributed by atoms with Crippen LogP contribution >= 0.6 is 0 Å². The molecule has 62 valence electrons. The monoisotopic (exact) mass is 153 g/mol. The van der Waals surface area contributed by atoms with Crippen molar-refractivity contribution in [3.05, 3.63) is 23.5 Å². The van der Waals surface area contributed by atoms with Gasteiger partial charge in [-0.25, -0.2) is 0 Å². The van der Waals surface area contributed by atoms with E-state index >= 15 is 0 Å². The molecule has 1 rings (SSSR count). The van der Waals surface area contributed by atoms with Crippen LogP contribution in [0.2, 0.25) is 0 Å². The zero-order valence-corrected chi connectivity index (χ0v) is 7.13. The van der Waals surface area contributed by atoms with Crippen molar-refractivity contribution in [2.24, 2.45) is 5.73 Å². The van der Waals surface area contributed by atoms with Crippen molar-refractivity contribution < 1.29 is 4.74 Å². The van der Waals surface area contributed by atoms with Crippen molar-refractivity contribution in [3.8, 4) is 0 Å². The molecule has 0 bridgehead atoms. The molecule has 0 aromatic rings.